The number of nitrogens with zero attached hydrogens (tertiary/aromatic N) is 2. The number of carbonyl (C=O) groups excluding carboxylic acids is 1. The van der Waals surface area contributed by atoms with Gasteiger partial charge in [0, 0.05) is 13.1 Å². The number of amides is 1. The maximum Gasteiger partial charge on any atom is 0.236 e. The van der Waals surface area contributed by atoms with Crippen molar-refractivity contribution in [1.29, 1.82) is 0 Å². The lowest BCUT2D eigenvalue weighted by atomic mass is 9.97. The minimum absolute atomic E-state index is 0.0332. The van der Waals surface area contributed by atoms with Gasteiger partial charge in [-0.05, 0) is 18.8 Å². The first-order chi connectivity index (χ1) is 6.60. The first-order valence-corrected chi connectivity index (χ1v) is 4.87. The van der Waals surface area contributed by atoms with Crippen LogP contribution in [0.3, 0.4) is 0 Å². The highest BCUT2D eigenvalue weighted by Gasteiger charge is 2.56. The molecular weight excluding hydrogens is 182 g/mol. The van der Waals surface area contributed by atoms with Gasteiger partial charge in [-0.1, -0.05) is 12.1 Å². The fourth-order valence-corrected chi connectivity index (χ4v) is 1.97. The Kier molecular flexibility index (Phi) is 1.90. The van der Waals surface area contributed by atoms with Crippen LogP contribution in [0.4, 0.5) is 0 Å². The molecule has 1 amide bonds. The maximum absolute atomic E-state index is 11.9. The van der Waals surface area contributed by atoms with Crippen LogP contribution in [0.15, 0.2) is 5.16 Å². The highest BCUT2D eigenvalue weighted by Crippen LogP contribution is 2.48. The van der Waals surface area contributed by atoms with Crippen molar-refractivity contribution in [3.05, 3.63) is 0 Å². The third kappa shape index (κ3) is 1.15. The van der Waals surface area contributed by atoms with Crippen molar-refractivity contribution < 1.29 is 10.0 Å². The molecule has 5 nitrogen and oxygen atoms in total. The highest BCUT2D eigenvalue weighted by molar-refractivity contribution is 6.09. The molecule has 1 saturated carbocycles. The zero-order valence-electron chi connectivity index (χ0n) is 8.23. The van der Waals surface area contributed by atoms with Crippen LogP contribution in [0.5, 0.6) is 0 Å². The summed E-state index contributed by atoms with van der Waals surface area (Å²) in [5.74, 6) is 0.690. The molecule has 2 rings (SSSR count). The fourth-order valence-electron chi connectivity index (χ4n) is 1.97. The monoisotopic (exact) mass is 197 g/mol. The van der Waals surface area contributed by atoms with Gasteiger partial charge in [0.25, 0.3) is 0 Å². The Balaban J connectivity index is 2.05. The third-order valence-corrected chi connectivity index (χ3v) is 3.11. The summed E-state index contributed by atoms with van der Waals surface area (Å²) in [4.78, 5) is 13.7. The molecule has 1 aliphatic heterocycles. The van der Waals surface area contributed by atoms with Crippen molar-refractivity contribution in [2.75, 3.05) is 13.1 Å². The van der Waals surface area contributed by atoms with E-state index in [0.29, 0.717) is 18.8 Å². The van der Waals surface area contributed by atoms with E-state index in [-0.39, 0.29) is 11.7 Å². The summed E-state index contributed by atoms with van der Waals surface area (Å²) >= 11 is 0. The van der Waals surface area contributed by atoms with Crippen molar-refractivity contribution in [2.45, 2.75) is 19.8 Å². The zero-order chi connectivity index (χ0) is 10.3. The largest absolute Gasteiger partial charge is 0.409 e. The molecule has 0 bridgehead atoms. The molecule has 2 aliphatic rings. The van der Waals surface area contributed by atoms with Crippen LogP contribution in [-0.4, -0.2) is 34.9 Å². The fraction of sp³-hybridized carbons (Fsp3) is 0.778. The van der Waals surface area contributed by atoms with Crippen molar-refractivity contribution in [1.82, 2.24) is 4.90 Å². The van der Waals surface area contributed by atoms with Gasteiger partial charge in [-0.25, -0.2) is 0 Å². The third-order valence-electron chi connectivity index (χ3n) is 3.11. The van der Waals surface area contributed by atoms with Crippen LogP contribution in [-0.2, 0) is 4.79 Å². The Hall–Kier alpha value is -1.26. The second-order valence-electron chi connectivity index (χ2n) is 4.38. The Morgan fingerprint density at radius 3 is 2.50 bits per heavy atom. The average Bonchev–Trinajstić information content (AvgIpc) is 2.91. The maximum atomic E-state index is 11.9. The van der Waals surface area contributed by atoms with E-state index in [0.717, 1.165) is 13.1 Å². The molecule has 3 N–H and O–H groups in total. The van der Waals surface area contributed by atoms with Gasteiger partial charge in [0.15, 0.2) is 5.84 Å². The molecule has 0 unspecified atom stereocenters. The molecular formula is C9H15N3O2. The van der Waals surface area contributed by atoms with Crippen LogP contribution >= 0.6 is 0 Å². The lowest BCUT2D eigenvalue weighted by Gasteiger charge is -2.39. The number of oxime groups is 1. The number of hydrogen-bond acceptors (Lipinski definition) is 3. The molecule has 0 spiro atoms. The van der Waals surface area contributed by atoms with E-state index in [9.17, 15) is 4.79 Å². The first kappa shape index (κ1) is 9.30. The second kappa shape index (κ2) is 2.87. The molecule has 0 aromatic heterocycles. The molecule has 5 heteroatoms. The summed E-state index contributed by atoms with van der Waals surface area (Å²) in [6.45, 7) is 3.71. The molecule has 1 heterocycles. The molecule has 1 saturated heterocycles. The van der Waals surface area contributed by atoms with E-state index in [2.05, 4.69) is 12.1 Å². The summed E-state index contributed by atoms with van der Waals surface area (Å²) in [7, 11) is 0. The highest BCUT2D eigenvalue weighted by atomic mass is 16.4. The summed E-state index contributed by atoms with van der Waals surface area (Å²) in [6.07, 6.45) is 1.43. The minimum Gasteiger partial charge on any atom is -0.409 e. The van der Waals surface area contributed by atoms with Crippen molar-refractivity contribution >= 4 is 11.7 Å². The summed E-state index contributed by atoms with van der Waals surface area (Å²) in [6, 6.07) is 0. The number of rotatable bonds is 2. The number of likely N-dealkylation sites (tertiary alicyclic amines) is 1. The van der Waals surface area contributed by atoms with Crippen LogP contribution < -0.4 is 5.73 Å². The van der Waals surface area contributed by atoms with Crippen LogP contribution in [0.25, 0.3) is 0 Å². The SMILES string of the molecule is CC1CN(C(=O)C2(/C(N)=N/O)CC2)C1. The number of hydrogen-bond donors (Lipinski definition) is 2. The molecule has 0 radical (unpaired) electrons. The number of carbonyl (C=O) groups is 1. The predicted molar refractivity (Wildman–Crippen MR) is 50.8 cm³/mol. The van der Waals surface area contributed by atoms with E-state index in [4.69, 9.17) is 10.9 Å². The van der Waals surface area contributed by atoms with Gasteiger partial charge >= 0.3 is 0 Å². The standard InChI is InChI=1S/C9H15N3O2/c1-6-4-12(5-6)8(13)9(2-3-9)7(10)11-14/h6,14H,2-5H2,1H3,(H2,10,11). The predicted octanol–water partition coefficient (Wildman–Crippen LogP) is -0.00870. The van der Waals surface area contributed by atoms with Crippen LogP contribution in [0.2, 0.25) is 0 Å². The summed E-state index contributed by atoms with van der Waals surface area (Å²) in [5.41, 5.74) is 4.86. The summed E-state index contributed by atoms with van der Waals surface area (Å²) in [5, 5.41) is 11.5. The summed E-state index contributed by atoms with van der Waals surface area (Å²) < 4.78 is 0. The minimum atomic E-state index is -0.658. The topological polar surface area (TPSA) is 78.9 Å². The van der Waals surface area contributed by atoms with Gasteiger partial charge < -0.3 is 15.8 Å². The van der Waals surface area contributed by atoms with Crippen molar-refractivity contribution in [3.8, 4) is 0 Å². The molecule has 2 fully saturated rings. The smallest absolute Gasteiger partial charge is 0.236 e. The first-order valence-electron chi connectivity index (χ1n) is 4.87. The van der Waals surface area contributed by atoms with Gasteiger partial charge in [0.05, 0.1) is 0 Å². The van der Waals surface area contributed by atoms with Gasteiger partial charge in [-0.2, -0.15) is 0 Å². The van der Waals surface area contributed by atoms with Gasteiger partial charge in [0.2, 0.25) is 5.91 Å². The van der Waals surface area contributed by atoms with Gasteiger partial charge in [-0.15, -0.1) is 0 Å². The lowest BCUT2D eigenvalue weighted by molar-refractivity contribution is -0.140. The zero-order valence-corrected chi connectivity index (χ0v) is 8.23. The van der Waals surface area contributed by atoms with Gasteiger partial charge in [0.1, 0.15) is 5.41 Å². The van der Waals surface area contributed by atoms with E-state index in [1.165, 1.54) is 0 Å². The average molecular weight is 197 g/mol. The van der Waals surface area contributed by atoms with Crippen molar-refractivity contribution in [3.63, 3.8) is 0 Å². The Morgan fingerprint density at radius 1 is 1.57 bits per heavy atom. The number of nitrogens with two attached hydrogens (primary N) is 1. The lowest BCUT2D eigenvalue weighted by Crippen LogP contribution is -2.53. The second-order valence-corrected chi connectivity index (χ2v) is 4.38. The van der Waals surface area contributed by atoms with Gasteiger partial charge in [-0.3, -0.25) is 4.79 Å². The molecule has 1 aliphatic carbocycles. The van der Waals surface area contributed by atoms with E-state index in [1.54, 1.807) is 4.90 Å². The normalized spacial score (nSPS) is 25.8. The quantitative estimate of drug-likeness (QED) is 0.283. The Morgan fingerprint density at radius 2 is 2.14 bits per heavy atom. The molecule has 0 aromatic carbocycles. The van der Waals surface area contributed by atoms with Crippen molar-refractivity contribution in [2.24, 2.45) is 22.2 Å². The molecule has 14 heavy (non-hydrogen) atoms. The van der Waals surface area contributed by atoms with Crippen LogP contribution in [0.1, 0.15) is 19.8 Å². The molecule has 0 atom stereocenters. The van der Waals surface area contributed by atoms with E-state index < -0.39 is 5.41 Å². The number of amidine groups is 1. The molecule has 0 aromatic rings. The van der Waals surface area contributed by atoms with E-state index >= 15 is 0 Å². The van der Waals surface area contributed by atoms with E-state index in [1.807, 2.05) is 0 Å². The Bertz CT molecular complexity index is 290. The van der Waals surface area contributed by atoms with Crippen LogP contribution in [0, 0.1) is 11.3 Å². The molecule has 78 valence electrons. The Labute approximate surface area is 82.6 Å².